The molecule has 1 atom stereocenters. The summed E-state index contributed by atoms with van der Waals surface area (Å²) in [5.41, 5.74) is 0.114. The normalized spacial score (nSPS) is 19.3. The lowest BCUT2D eigenvalue weighted by Crippen LogP contribution is -2.47. The number of hydrogen-bond acceptors (Lipinski definition) is 2. The predicted octanol–water partition coefficient (Wildman–Crippen LogP) is 3.19. The van der Waals surface area contributed by atoms with E-state index in [0.717, 1.165) is 29.9 Å². The standard InChI is InChI=1S/C13H13ClFNO3/c14-9-5-8(6-10(15)7-9)12(17)11-3-1-2-4-16(11)13(18)19/h5-7,11H,1-4H2,(H,18,19)/t11-/m0/s1. The summed E-state index contributed by atoms with van der Waals surface area (Å²) in [6.45, 7) is 0.328. The first-order chi connectivity index (χ1) is 8.99. The molecule has 4 nitrogen and oxygen atoms in total. The van der Waals surface area contributed by atoms with Gasteiger partial charge in [0.25, 0.3) is 0 Å². The zero-order valence-corrected chi connectivity index (χ0v) is 10.9. The van der Waals surface area contributed by atoms with Crippen LogP contribution in [0.15, 0.2) is 18.2 Å². The van der Waals surface area contributed by atoms with Gasteiger partial charge in [0.15, 0.2) is 5.78 Å². The minimum atomic E-state index is -1.12. The molecular weight excluding hydrogens is 273 g/mol. The smallest absolute Gasteiger partial charge is 0.407 e. The molecule has 1 aromatic carbocycles. The van der Waals surface area contributed by atoms with E-state index in [-0.39, 0.29) is 10.6 Å². The molecule has 19 heavy (non-hydrogen) atoms. The van der Waals surface area contributed by atoms with Crippen LogP contribution >= 0.6 is 11.6 Å². The lowest BCUT2D eigenvalue weighted by molar-refractivity contribution is 0.0713. The van der Waals surface area contributed by atoms with E-state index in [0.29, 0.717) is 13.0 Å². The molecule has 0 unspecified atom stereocenters. The van der Waals surface area contributed by atoms with E-state index in [9.17, 15) is 14.0 Å². The second-order valence-corrected chi connectivity index (χ2v) is 4.95. The van der Waals surface area contributed by atoms with Crippen molar-refractivity contribution >= 4 is 23.5 Å². The molecule has 1 amide bonds. The zero-order chi connectivity index (χ0) is 14.0. The summed E-state index contributed by atoms with van der Waals surface area (Å²) in [5, 5.41) is 9.21. The Balaban J connectivity index is 2.28. The van der Waals surface area contributed by atoms with Crippen LogP contribution in [-0.4, -0.2) is 34.5 Å². The van der Waals surface area contributed by atoms with Crippen LogP contribution in [0.5, 0.6) is 0 Å². The summed E-state index contributed by atoms with van der Waals surface area (Å²) in [4.78, 5) is 24.5. The molecule has 0 aromatic heterocycles. The topological polar surface area (TPSA) is 57.6 Å². The maximum atomic E-state index is 13.2. The van der Waals surface area contributed by atoms with Crippen LogP contribution in [0, 0.1) is 5.82 Å². The predicted molar refractivity (Wildman–Crippen MR) is 68.1 cm³/mol. The van der Waals surface area contributed by atoms with Crippen molar-refractivity contribution in [2.75, 3.05) is 6.54 Å². The third-order valence-electron chi connectivity index (χ3n) is 3.20. The van der Waals surface area contributed by atoms with Crippen LogP contribution in [0.3, 0.4) is 0 Å². The third kappa shape index (κ3) is 3.04. The average Bonchev–Trinajstić information content (AvgIpc) is 2.36. The zero-order valence-electron chi connectivity index (χ0n) is 10.1. The summed E-state index contributed by atoms with van der Waals surface area (Å²) in [5.74, 6) is -1.00. The minimum absolute atomic E-state index is 0.114. The molecule has 0 saturated carbocycles. The van der Waals surface area contributed by atoms with Gasteiger partial charge in [-0.1, -0.05) is 11.6 Å². The van der Waals surface area contributed by atoms with Gasteiger partial charge in [0.2, 0.25) is 0 Å². The number of piperidine rings is 1. The number of rotatable bonds is 2. The molecule has 1 fully saturated rings. The highest BCUT2D eigenvalue weighted by Gasteiger charge is 2.32. The molecule has 0 spiro atoms. The molecule has 1 aliphatic heterocycles. The fourth-order valence-electron chi connectivity index (χ4n) is 2.32. The SMILES string of the molecule is O=C(c1cc(F)cc(Cl)c1)[C@@H]1CCCCN1C(=O)O. The van der Waals surface area contributed by atoms with Crippen molar-refractivity contribution in [3.8, 4) is 0 Å². The van der Waals surface area contributed by atoms with E-state index in [1.54, 1.807) is 0 Å². The second-order valence-electron chi connectivity index (χ2n) is 4.51. The van der Waals surface area contributed by atoms with Gasteiger partial charge in [0.1, 0.15) is 5.82 Å². The lowest BCUT2D eigenvalue weighted by atomic mass is 9.94. The van der Waals surface area contributed by atoms with Gasteiger partial charge in [-0.3, -0.25) is 9.69 Å². The Kier molecular flexibility index (Phi) is 4.04. The van der Waals surface area contributed by atoms with Crippen molar-refractivity contribution in [2.24, 2.45) is 0 Å². The molecule has 6 heteroatoms. The van der Waals surface area contributed by atoms with Crippen molar-refractivity contribution in [1.82, 2.24) is 4.90 Å². The molecule has 1 aliphatic rings. The Morgan fingerprint density at radius 1 is 1.32 bits per heavy atom. The highest BCUT2D eigenvalue weighted by Crippen LogP contribution is 2.23. The Morgan fingerprint density at radius 2 is 2.05 bits per heavy atom. The van der Waals surface area contributed by atoms with Crippen LogP contribution in [0.4, 0.5) is 9.18 Å². The monoisotopic (exact) mass is 285 g/mol. The molecular formula is C13H13ClFNO3. The number of amides is 1. The van der Waals surface area contributed by atoms with Gasteiger partial charge in [0.05, 0.1) is 6.04 Å². The Hall–Kier alpha value is -1.62. The van der Waals surface area contributed by atoms with Crippen LogP contribution in [0.1, 0.15) is 29.6 Å². The summed E-state index contributed by atoms with van der Waals surface area (Å²) in [7, 11) is 0. The molecule has 102 valence electrons. The van der Waals surface area contributed by atoms with Crippen molar-refractivity contribution in [2.45, 2.75) is 25.3 Å². The lowest BCUT2D eigenvalue weighted by Gasteiger charge is -2.32. The summed E-state index contributed by atoms with van der Waals surface area (Å²) in [6.07, 6.45) is 0.850. The molecule has 0 aliphatic carbocycles. The van der Waals surface area contributed by atoms with Crippen molar-refractivity contribution < 1.29 is 19.1 Å². The third-order valence-corrected chi connectivity index (χ3v) is 3.42. The van der Waals surface area contributed by atoms with E-state index in [4.69, 9.17) is 16.7 Å². The fourth-order valence-corrected chi connectivity index (χ4v) is 2.54. The quantitative estimate of drug-likeness (QED) is 0.849. The number of hydrogen-bond donors (Lipinski definition) is 1. The maximum Gasteiger partial charge on any atom is 0.407 e. The summed E-state index contributed by atoms with van der Waals surface area (Å²) >= 11 is 5.71. The van der Waals surface area contributed by atoms with Crippen LogP contribution in [0.2, 0.25) is 5.02 Å². The first-order valence-electron chi connectivity index (χ1n) is 5.99. The molecule has 0 radical (unpaired) electrons. The number of halogens is 2. The van der Waals surface area contributed by atoms with Crippen molar-refractivity contribution in [3.63, 3.8) is 0 Å². The minimum Gasteiger partial charge on any atom is -0.465 e. The number of benzene rings is 1. The molecule has 1 saturated heterocycles. The van der Waals surface area contributed by atoms with Gasteiger partial charge in [0, 0.05) is 17.1 Å². The largest absolute Gasteiger partial charge is 0.465 e. The number of carboxylic acid groups (broad SMARTS) is 1. The van der Waals surface area contributed by atoms with Crippen LogP contribution < -0.4 is 0 Å². The number of nitrogens with zero attached hydrogens (tertiary/aromatic N) is 1. The number of carbonyl (C=O) groups is 2. The van der Waals surface area contributed by atoms with Crippen molar-refractivity contribution in [3.05, 3.63) is 34.6 Å². The van der Waals surface area contributed by atoms with Crippen LogP contribution in [0.25, 0.3) is 0 Å². The first-order valence-corrected chi connectivity index (χ1v) is 6.36. The summed E-state index contributed by atoms with van der Waals surface area (Å²) in [6, 6.07) is 2.81. The van der Waals surface area contributed by atoms with E-state index < -0.39 is 23.7 Å². The van der Waals surface area contributed by atoms with Gasteiger partial charge in [-0.05, 0) is 37.5 Å². The molecule has 1 N–H and O–H groups in total. The van der Waals surface area contributed by atoms with E-state index in [2.05, 4.69) is 0 Å². The Bertz CT molecular complexity index is 500. The Morgan fingerprint density at radius 3 is 2.68 bits per heavy atom. The number of carbonyl (C=O) groups excluding carboxylic acids is 1. The average molecular weight is 286 g/mol. The highest BCUT2D eigenvalue weighted by molar-refractivity contribution is 6.31. The van der Waals surface area contributed by atoms with Gasteiger partial charge >= 0.3 is 6.09 Å². The maximum absolute atomic E-state index is 13.2. The van der Waals surface area contributed by atoms with E-state index >= 15 is 0 Å². The highest BCUT2D eigenvalue weighted by atomic mass is 35.5. The molecule has 2 rings (SSSR count). The molecule has 0 bridgehead atoms. The Labute approximate surface area is 114 Å². The number of Topliss-reactive ketones (excluding diaryl/α,β-unsaturated/α-hetero) is 1. The molecule has 1 heterocycles. The van der Waals surface area contributed by atoms with Gasteiger partial charge in [-0.25, -0.2) is 9.18 Å². The van der Waals surface area contributed by atoms with Crippen molar-refractivity contribution in [1.29, 1.82) is 0 Å². The van der Waals surface area contributed by atoms with E-state index in [1.165, 1.54) is 6.07 Å². The van der Waals surface area contributed by atoms with Gasteiger partial charge in [-0.2, -0.15) is 0 Å². The number of ketones is 1. The number of likely N-dealkylation sites (tertiary alicyclic amines) is 1. The summed E-state index contributed by atoms with van der Waals surface area (Å²) < 4.78 is 13.2. The van der Waals surface area contributed by atoms with Crippen LogP contribution in [-0.2, 0) is 0 Å². The fraction of sp³-hybridized carbons (Fsp3) is 0.385. The van der Waals surface area contributed by atoms with Gasteiger partial charge < -0.3 is 5.11 Å². The molecule has 1 aromatic rings. The van der Waals surface area contributed by atoms with E-state index in [1.807, 2.05) is 0 Å². The second kappa shape index (κ2) is 5.57. The first kappa shape index (κ1) is 13.8. The van der Waals surface area contributed by atoms with Gasteiger partial charge in [-0.15, -0.1) is 0 Å².